The number of hydrogen-bond donors (Lipinski definition) is 0. The van der Waals surface area contributed by atoms with Crippen LogP contribution in [0.5, 0.6) is 5.75 Å². The lowest BCUT2D eigenvalue weighted by atomic mass is 10.1. The van der Waals surface area contributed by atoms with Crippen LogP contribution >= 0.6 is 0 Å². The smallest absolute Gasteiger partial charge is 0.345 e. The van der Waals surface area contributed by atoms with Gasteiger partial charge in [-0.15, -0.1) is 10.2 Å². The SMILES string of the molecule is CN(C)S(=O)(=O)c1ccc(N2CCCCC2)c(C(=O)Oc2ccc(-c3nnco3)cc2)c1. The second kappa shape index (κ2) is 9.09. The standard InChI is InChI=1S/C22H24N4O5S/c1-25(2)32(28,29)18-10-11-20(26-12-4-3-5-13-26)19(14-18)22(27)31-17-8-6-16(7-9-17)21-24-23-15-30-21/h6-11,14-15H,3-5,12-13H2,1-2H3. The van der Waals surface area contributed by atoms with Gasteiger partial charge in [0.05, 0.1) is 16.1 Å². The molecule has 0 spiro atoms. The van der Waals surface area contributed by atoms with Crippen LogP contribution in [0.15, 0.2) is 58.2 Å². The molecule has 0 amide bonds. The lowest BCUT2D eigenvalue weighted by Crippen LogP contribution is -2.31. The van der Waals surface area contributed by atoms with Crippen molar-refractivity contribution in [2.24, 2.45) is 0 Å². The van der Waals surface area contributed by atoms with Gasteiger partial charge in [-0.3, -0.25) is 0 Å². The number of nitrogens with zero attached hydrogens (tertiary/aromatic N) is 4. The van der Waals surface area contributed by atoms with Crippen LogP contribution in [0.1, 0.15) is 29.6 Å². The van der Waals surface area contributed by atoms with E-state index in [0.717, 1.165) is 36.7 Å². The minimum atomic E-state index is -3.70. The molecule has 0 unspecified atom stereocenters. The van der Waals surface area contributed by atoms with Gasteiger partial charge in [-0.2, -0.15) is 0 Å². The maximum absolute atomic E-state index is 13.1. The summed E-state index contributed by atoms with van der Waals surface area (Å²) >= 11 is 0. The van der Waals surface area contributed by atoms with Gasteiger partial charge in [-0.1, -0.05) is 0 Å². The number of anilines is 1. The molecule has 3 aromatic rings. The Morgan fingerprint density at radius 3 is 2.41 bits per heavy atom. The fourth-order valence-electron chi connectivity index (χ4n) is 3.59. The Bertz CT molecular complexity index is 1190. The first-order valence-electron chi connectivity index (χ1n) is 10.3. The molecule has 1 fully saturated rings. The highest BCUT2D eigenvalue weighted by Crippen LogP contribution is 2.29. The second-order valence-corrected chi connectivity index (χ2v) is 9.82. The monoisotopic (exact) mass is 456 g/mol. The van der Waals surface area contributed by atoms with Gasteiger partial charge in [0.25, 0.3) is 0 Å². The fraction of sp³-hybridized carbons (Fsp3) is 0.318. The summed E-state index contributed by atoms with van der Waals surface area (Å²) in [5.74, 6) is 0.0625. The average molecular weight is 457 g/mol. The molecule has 2 aromatic carbocycles. The van der Waals surface area contributed by atoms with Crippen molar-refractivity contribution in [3.05, 3.63) is 54.4 Å². The zero-order valence-electron chi connectivity index (χ0n) is 17.9. The molecule has 1 aliphatic rings. The van der Waals surface area contributed by atoms with Gasteiger partial charge in [-0.05, 0) is 61.7 Å². The molecule has 2 heterocycles. The predicted octanol–water partition coefficient (Wildman–Crippen LogP) is 3.20. The normalized spacial score (nSPS) is 14.5. The summed E-state index contributed by atoms with van der Waals surface area (Å²) in [4.78, 5) is 15.3. The van der Waals surface area contributed by atoms with Crippen LogP contribution in [0.3, 0.4) is 0 Å². The Labute approximate surface area is 186 Å². The summed E-state index contributed by atoms with van der Waals surface area (Å²) in [7, 11) is -0.790. The summed E-state index contributed by atoms with van der Waals surface area (Å²) in [5, 5.41) is 7.49. The molecular formula is C22H24N4O5S. The second-order valence-electron chi connectivity index (χ2n) is 7.67. The van der Waals surface area contributed by atoms with Gasteiger partial charge < -0.3 is 14.1 Å². The van der Waals surface area contributed by atoms with E-state index in [4.69, 9.17) is 9.15 Å². The number of sulfonamides is 1. The van der Waals surface area contributed by atoms with Gasteiger partial charge in [0.2, 0.25) is 22.3 Å². The number of esters is 1. The third-order valence-corrected chi connectivity index (χ3v) is 7.15. The predicted molar refractivity (Wildman–Crippen MR) is 118 cm³/mol. The number of aromatic nitrogens is 2. The van der Waals surface area contributed by atoms with Gasteiger partial charge in [0.15, 0.2) is 0 Å². The van der Waals surface area contributed by atoms with E-state index in [9.17, 15) is 13.2 Å². The Kier molecular flexibility index (Phi) is 6.24. The highest BCUT2D eigenvalue weighted by molar-refractivity contribution is 7.89. The molecule has 32 heavy (non-hydrogen) atoms. The molecule has 1 aromatic heterocycles. The Hall–Kier alpha value is -3.24. The van der Waals surface area contributed by atoms with Crippen LogP contribution < -0.4 is 9.64 Å². The summed E-state index contributed by atoms with van der Waals surface area (Å²) in [6, 6.07) is 11.3. The molecule has 0 N–H and O–H groups in total. The molecule has 1 saturated heterocycles. The van der Waals surface area contributed by atoms with Crippen molar-refractivity contribution in [1.29, 1.82) is 0 Å². The highest BCUT2D eigenvalue weighted by Gasteiger charge is 2.25. The van der Waals surface area contributed by atoms with E-state index in [2.05, 4.69) is 15.1 Å². The largest absolute Gasteiger partial charge is 0.423 e. The van der Waals surface area contributed by atoms with E-state index in [0.29, 0.717) is 22.9 Å². The Morgan fingerprint density at radius 2 is 1.78 bits per heavy atom. The van der Waals surface area contributed by atoms with Crippen molar-refractivity contribution in [2.75, 3.05) is 32.1 Å². The zero-order chi connectivity index (χ0) is 22.7. The summed E-state index contributed by atoms with van der Waals surface area (Å²) < 4.78 is 37.2. The van der Waals surface area contributed by atoms with E-state index >= 15 is 0 Å². The third kappa shape index (κ3) is 4.51. The summed E-state index contributed by atoms with van der Waals surface area (Å²) in [5.41, 5.74) is 1.58. The molecule has 0 radical (unpaired) electrons. The first-order chi connectivity index (χ1) is 15.4. The molecule has 1 aliphatic heterocycles. The fourth-order valence-corrected chi connectivity index (χ4v) is 4.52. The minimum Gasteiger partial charge on any atom is -0.423 e. The molecule has 0 bridgehead atoms. The van der Waals surface area contributed by atoms with Crippen molar-refractivity contribution in [3.8, 4) is 17.2 Å². The van der Waals surface area contributed by atoms with Crippen molar-refractivity contribution >= 4 is 21.7 Å². The van der Waals surface area contributed by atoms with Gasteiger partial charge in [-0.25, -0.2) is 17.5 Å². The molecule has 0 saturated carbocycles. The highest BCUT2D eigenvalue weighted by atomic mass is 32.2. The number of rotatable bonds is 6. The van der Waals surface area contributed by atoms with Crippen LogP contribution in [0.2, 0.25) is 0 Å². The zero-order valence-corrected chi connectivity index (χ0v) is 18.7. The molecule has 168 valence electrons. The molecule has 10 heteroatoms. The lowest BCUT2D eigenvalue weighted by Gasteiger charge is -2.30. The first kappa shape index (κ1) is 22.0. The van der Waals surface area contributed by atoms with Crippen molar-refractivity contribution in [1.82, 2.24) is 14.5 Å². The summed E-state index contributed by atoms with van der Waals surface area (Å²) in [6.45, 7) is 1.61. The van der Waals surface area contributed by atoms with Crippen LogP contribution in [0.4, 0.5) is 5.69 Å². The van der Waals surface area contributed by atoms with E-state index < -0.39 is 16.0 Å². The van der Waals surface area contributed by atoms with Crippen molar-refractivity contribution in [2.45, 2.75) is 24.2 Å². The van der Waals surface area contributed by atoms with Crippen molar-refractivity contribution in [3.63, 3.8) is 0 Å². The quantitative estimate of drug-likeness (QED) is 0.411. The molecule has 0 atom stereocenters. The van der Waals surface area contributed by atoms with E-state index in [1.807, 2.05) is 0 Å². The number of carbonyl (C=O) groups is 1. The molecular weight excluding hydrogens is 432 g/mol. The number of hydrogen-bond acceptors (Lipinski definition) is 8. The number of carbonyl (C=O) groups excluding carboxylic acids is 1. The minimum absolute atomic E-state index is 0.0435. The molecule has 0 aliphatic carbocycles. The topological polar surface area (TPSA) is 106 Å². The van der Waals surface area contributed by atoms with Gasteiger partial charge in [0, 0.05) is 32.7 Å². The summed E-state index contributed by atoms with van der Waals surface area (Å²) in [6.07, 6.45) is 4.41. The van der Waals surface area contributed by atoms with E-state index in [1.165, 1.54) is 32.6 Å². The van der Waals surface area contributed by atoms with Crippen molar-refractivity contribution < 1.29 is 22.4 Å². The van der Waals surface area contributed by atoms with Crippen LogP contribution in [0.25, 0.3) is 11.5 Å². The van der Waals surface area contributed by atoms with E-state index in [1.54, 1.807) is 30.3 Å². The maximum atomic E-state index is 13.1. The van der Waals surface area contributed by atoms with Gasteiger partial charge >= 0.3 is 5.97 Å². The lowest BCUT2D eigenvalue weighted by molar-refractivity contribution is 0.0735. The number of ether oxygens (including phenoxy) is 1. The van der Waals surface area contributed by atoms with Crippen LogP contribution in [-0.4, -0.2) is 56.1 Å². The molecule has 4 rings (SSSR count). The number of benzene rings is 2. The third-order valence-electron chi connectivity index (χ3n) is 5.34. The van der Waals surface area contributed by atoms with Gasteiger partial charge in [0.1, 0.15) is 5.75 Å². The number of piperidine rings is 1. The van der Waals surface area contributed by atoms with Crippen LogP contribution in [-0.2, 0) is 10.0 Å². The molecule has 9 nitrogen and oxygen atoms in total. The Balaban J connectivity index is 1.65. The van der Waals surface area contributed by atoms with Crippen LogP contribution in [0, 0.1) is 0 Å². The Morgan fingerprint density at radius 1 is 1.06 bits per heavy atom. The average Bonchev–Trinajstić information content (AvgIpc) is 3.34. The van der Waals surface area contributed by atoms with E-state index in [-0.39, 0.29) is 10.5 Å². The first-order valence-corrected chi connectivity index (χ1v) is 11.7. The maximum Gasteiger partial charge on any atom is 0.345 e.